The Kier molecular flexibility index (Phi) is 8.85. The minimum absolute atomic E-state index is 0.246. The van der Waals surface area contributed by atoms with Crippen molar-refractivity contribution in [2.75, 3.05) is 5.32 Å². The average molecular weight is 549 g/mol. The first-order chi connectivity index (χ1) is 19.7. The van der Waals surface area contributed by atoms with Gasteiger partial charge in [0.1, 0.15) is 11.5 Å². The third kappa shape index (κ3) is 7.15. The van der Waals surface area contributed by atoms with Gasteiger partial charge in [-0.05, 0) is 61.0 Å². The molecule has 0 aliphatic rings. The van der Waals surface area contributed by atoms with Gasteiger partial charge in [-0.3, -0.25) is 9.36 Å². The summed E-state index contributed by atoms with van der Waals surface area (Å²) in [6.07, 6.45) is 1.59. The van der Waals surface area contributed by atoms with Crippen LogP contribution in [0.4, 0.5) is 5.69 Å². The SMILES string of the molecule is CC(Sc1nnc(CNc2ccccc2)n1-c1ccccc1)C(=O)NN=Cc1cccc(Oc2ccccc2)c1. The van der Waals surface area contributed by atoms with Crippen molar-refractivity contribution in [2.24, 2.45) is 5.10 Å². The summed E-state index contributed by atoms with van der Waals surface area (Å²) in [5.74, 6) is 1.92. The number of amides is 1. The smallest absolute Gasteiger partial charge is 0.253 e. The van der Waals surface area contributed by atoms with Gasteiger partial charge in [0.05, 0.1) is 18.0 Å². The lowest BCUT2D eigenvalue weighted by atomic mass is 10.2. The van der Waals surface area contributed by atoms with Crippen LogP contribution in [0.15, 0.2) is 126 Å². The lowest BCUT2D eigenvalue weighted by Gasteiger charge is -2.13. The van der Waals surface area contributed by atoms with E-state index >= 15 is 0 Å². The largest absolute Gasteiger partial charge is 0.457 e. The van der Waals surface area contributed by atoms with Gasteiger partial charge in [-0.2, -0.15) is 5.10 Å². The van der Waals surface area contributed by atoms with Gasteiger partial charge in [-0.15, -0.1) is 10.2 Å². The standard InChI is InChI=1S/C31H28N6O2S/c1-23(30(38)35-33-21-24-12-11-19-28(20-24)39-27-17-9-4-10-18-27)40-31-36-34-29(22-32-25-13-5-2-6-14-25)37(31)26-15-7-3-8-16-26/h2-21,23,32H,22H2,1H3,(H,35,38). The van der Waals surface area contributed by atoms with E-state index in [2.05, 4.69) is 26.0 Å². The summed E-state index contributed by atoms with van der Waals surface area (Å²) in [4.78, 5) is 12.9. The van der Waals surface area contributed by atoms with Gasteiger partial charge in [-0.25, -0.2) is 5.43 Å². The number of hydrogen-bond acceptors (Lipinski definition) is 7. The van der Waals surface area contributed by atoms with Crippen LogP contribution in [0.25, 0.3) is 5.69 Å². The Balaban J connectivity index is 1.23. The first-order valence-electron chi connectivity index (χ1n) is 12.8. The second kappa shape index (κ2) is 13.3. The third-order valence-corrected chi connectivity index (χ3v) is 6.86. The second-order valence-electron chi connectivity index (χ2n) is 8.77. The molecule has 1 amide bonds. The van der Waals surface area contributed by atoms with Crippen LogP contribution in [0.5, 0.6) is 11.5 Å². The fraction of sp³-hybridized carbons (Fsp3) is 0.0968. The molecule has 200 valence electrons. The molecule has 1 heterocycles. The van der Waals surface area contributed by atoms with Crippen LogP contribution in [0.1, 0.15) is 18.3 Å². The van der Waals surface area contributed by atoms with Gasteiger partial charge in [0.15, 0.2) is 11.0 Å². The van der Waals surface area contributed by atoms with Gasteiger partial charge in [-0.1, -0.05) is 78.5 Å². The lowest BCUT2D eigenvalue weighted by Crippen LogP contribution is -2.27. The van der Waals surface area contributed by atoms with Gasteiger partial charge in [0, 0.05) is 11.4 Å². The van der Waals surface area contributed by atoms with Crippen molar-refractivity contribution < 1.29 is 9.53 Å². The summed E-state index contributed by atoms with van der Waals surface area (Å²) >= 11 is 1.32. The molecule has 0 spiro atoms. The fourth-order valence-corrected chi connectivity index (χ4v) is 4.70. The number of carbonyl (C=O) groups is 1. The second-order valence-corrected chi connectivity index (χ2v) is 10.1. The normalized spacial score (nSPS) is 11.7. The Bertz CT molecular complexity index is 1560. The van der Waals surface area contributed by atoms with Gasteiger partial charge in [0.25, 0.3) is 5.91 Å². The summed E-state index contributed by atoms with van der Waals surface area (Å²) in [6, 6.07) is 36.8. The van der Waals surface area contributed by atoms with Crippen LogP contribution in [0.2, 0.25) is 0 Å². The van der Waals surface area contributed by atoms with E-state index in [1.165, 1.54) is 11.8 Å². The van der Waals surface area contributed by atoms with Crippen LogP contribution >= 0.6 is 11.8 Å². The van der Waals surface area contributed by atoms with Crippen molar-refractivity contribution in [2.45, 2.75) is 23.9 Å². The highest BCUT2D eigenvalue weighted by Crippen LogP contribution is 2.26. The van der Waals surface area contributed by atoms with E-state index in [1.54, 1.807) is 6.21 Å². The van der Waals surface area contributed by atoms with Crippen molar-refractivity contribution >= 4 is 29.6 Å². The minimum Gasteiger partial charge on any atom is -0.457 e. The van der Waals surface area contributed by atoms with Gasteiger partial charge >= 0.3 is 0 Å². The van der Waals surface area contributed by atoms with Gasteiger partial charge < -0.3 is 10.1 Å². The highest BCUT2D eigenvalue weighted by molar-refractivity contribution is 8.00. The number of rotatable bonds is 11. The van der Waals surface area contributed by atoms with Gasteiger partial charge in [0.2, 0.25) is 0 Å². The average Bonchev–Trinajstić information content (AvgIpc) is 3.40. The molecule has 5 rings (SSSR count). The molecule has 0 aliphatic heterocycles. The van der Waals surface area contributed by atoms with Crippen molar-refractivity contribution in [3.8, 4) is 17.2 Å². The van der Waals surface area contributed by atoms with E-state index in [-0.39, 0.29) is 5.91 Å². The molecule has 0 saturated carbocycles. The maximum atomic E-state index is 12.9. The molecule has 0 saturated heterocycles. The van der Waals surface area contributed by atoms with E-state index in [4.69, 9.17) is 4.74 Å². The Morgan fingerprint density at radius 1 is 0.900 bits per heavy atom. The Hall–Kier alpha value is -4.89. The van der Waals surface area contributed by atoms with E-state index in [1.807, 2.05) is 127 Å². The number of carbonyl (C=O) groups excluding carboxylic acids is 1. The summed E-state index contributed by atoms with van der Waals surface area (Å²) in [7, 11) is 0. The van der Waals surface area contributed by atoms with Crippen molar-refractivity contribution in [3.05, 3.63) is 127 Å². The topological polar surface area (TPSA) is 93.4 Å². The van der Waals surface area contributed by atoms with E-state index in [0.29, 0.717) is 17.5 Å². The number of nitrogens with one attached hydrogen (secondary N) is 2. The first kappa shape index (κ1) is 26.7. The maximum absolute atomic E-state index is 12.9. The molecule has 4 aromatic carbocycles. The molecule has 40 heavy (non-hydrogen) atoms. The number of benzene rings is 4. The number of aromatic nitrogens is 3. The quantitative estimate of drug-likeness (QED) is 0.114. The number of nitrogens with zero attached hydrogens (tertiary/aromatic N) is 4. The van der Waals surface area contributed by atoms with Crippen LogP contribution in [0, 0.1) is 0 Å². The molecule has 1 atom stereocenters. The summed E-state index contributed by atoms with van der Waals surface area (Å²) < 4.78 is 7.84. The molecule has 1 unspecified atom stereocenters. The molecule has 0 bridgehead atoms. The number of hydrogen-bond donors (Lipinski definition) is 2. The summed E-state index contributed by atoms with van der Waals surface area (Å²) in [5, 5.41) is 16.5. The maximum Gasteiger partial charge on any atom is 0.253 e. The minimum atomic E-state index is -0.466. The van der Waals surface area contributed by atoms with Crippen LogP contribution in [-0.4, -0.2) is 32.1 Å². The highest BCUT2D eigenvalue weighted by Gasteiger charge is 2.21. The van der Waals surface area contributed by atoms with E-state index in [0.717, 1.165) is 28.5 Å². The van der Waals surface area contributed by atoms with Crippen molar-refractivity contribution in [3.63, 3.8) is 0 Å². The van der Waals surface area contributed by atoms with Crippen LogP contribution in [-0.2, 0) is 11.3 Å². The zero-order valence-electron chi connectivity index (χ0n) is 21.8. The Labute approximate surface area is 237 Å². The zero-order chi connectivity index (χ0) is 27.6. The molecule has 8 nitrogen and oxygen atoms in total. The predicted octanol–water partition coefficient (Wildman–Crippen LogP) is 6.30. The monoisotopic (exact) mass is 548 g/mol. The first-order valence-corrected chi connectivity index (χ1v) is 13.6. The lowest BCUT2D eigenvalue weighted by molar-refractivity contribution is -0.120. The molecule has 0 fully saturated rings. The summed E-state index contributed by atoms with van der Waals surface area (Å²) in [5.41, 5.74) is 5.34. The molecule has 5 aromatic rings. The number of thioether (sulfide) groups is 1. The molecule has 2 N–H and O–H groups in total. The number of ether oxygens (including phenoxy) is 1. The Morgan fingerprint density at radius 3 is 2.33 bits per heavy atom. The zero-order valence-corrected chi connectivity index (χ0v) is 22.7. The fourth-order valence-electron chi connectivity index (χ4n) is 3.82. The number of anilines is 1. The van der Waals surface area contributed by atoms with Crippen LogP contribution in [0.3, 0.4) is 0 Å². The number of hydrazone groups is 1. The summed E-state index contributed by atoms with van der Waals surface area (Å²) in [6.45, 7) is 2.29. The molecular weight excluding hydrogens is 520 g/mol. The predicted molar refractivity (Wildman–Crippen MR) is 159 cm³/mol. The molecule has 0 radical (unpaired) electrons. The third-order valence-electron chi connectivity index (χ3n) is 5.82. The Morgan fingerprint density at radius 2 is 1.57 bits per heavy atom. The van der Waals surface area contributed by atoms with Crippen molar-refractivity contribution in [1.82, 2.24) is 20.2 Å². The van der Waals surface area contributed by atoms with Crippen LogP contribution < -0.4 is 15.5 Å². The molecule has 9 heteroatoms. The molecular formula is C31H28N6O2S. The van der Waals surface area contributed by atoms with E-state index in [9.17, 15) is 4.79 Å². The molecule has 0 aliphatic carbocycles. The highest BCUT2D eigenvalue weighted by atomic mass is 32.2. The molecule has 1 aromatic heterocycles. The van der Waals surface area contributed by atoms with E-state index < -0.39 is 5.25 Å². The van der Waals surface area contributed by atoms with Crippen molar-refractivity contribution in [1.29, 1.82) is 0 Å². The number of para-hydroxylation sites is 3.